The Kier molecular flexibility index (Phi) is 7.74. The molecule has 0 saturated carbocycles. The molecule has 4 N–H and O–H groups in total. The molecule has 0 heterocycles. The van der Waals surface area contributed by atoms with Crippen molar-refractivity contribution in [2.24, 2.45) is 0 Å². The number of amides is 2. The summed E-state index contributed by atoms with van der Waals surface area (Å²) in [6.07, 6.45) is 0.489. The quantitative estimate of drug-likeness (QED) is 0.460. The average Bonchev–Trinajstić information content (AvgIpc) is 2.66. The van der Waals surface area contributed by atoms with Gasteiger partial charge in [0, 0.05) is 30.3 Å². The molecular weight excluding hydrogens is 394 g/mol. The van der Waals surface area contributed by atoms with Crippen molar-refractivity contribution >= 4 is 21.8 Å². The van der Waals surface area contributed by atoms with E-state index in [4.69, 9.17) is 0 Å². The number of sulfonamides is 1. The van der Waals surface area contributed by atoms with Gasteiger partial charge in [0.05, 0.1) is 4.90 Å². The van der Waals surface area contributed by atoms with Crippen LogP contribution in [0.1, 0.15) is 41.0 Å². The maximum atomic E-state index is 12.3. The zero-order valence-corrected chi connectivity index (χ0v) is 17.1. The standard InChI is InChI=1S/C20H25N3O5S/c1-14(2)23-29(27,28)18-9-4-7-16(13-18)20(26)22-11-5-10-21-19(25)15-6-3-8-17(24)12-15/h3-4,6-9,12-14,23-24H,5,10-11H2,1-2H3,(H,21,25)(H,22,26). The summed E-state index contributed by atoms with van der Waals surface area (Å²) in [5.41, 5.74) is 0.586. The van der Waals surface area contributed by atoms with E-state index >= 15 is 0 Å². The molecule has 0 unspecified atom stereocenters. The van der Waals surface area contributed by atoms with Crippen LogP contribution in [0.15, 0.2) is 53.4 Å². The molecule has 8 nitrogen and oxygen atoms in total. The third-order valence-electron chi connectivity index (χ3n) is 3.83. The highest BCUT2D eigenvalue weighted by Crippen LogP contribution is 2.12. The van der Waals surface area contributed by atoms with Gasteiger partial charge in [0.25, 0.3) is 11.8 Å². The lowest BCUT2D eigenvalue weighted by Gasteiger charge is -2.11. The Hall–Kier alpha value is -2.91. The molecule has 0 fully saturated rings. The first-order valence-electron chi connectivity index (χ1n) is 9.17. The Bertz CT molecular complexity index is 974. The molecule has 2 aromatic carbocycles. The SMILES string of the molecule is CC(C)NS(=O)(=O)c1cccc(C(=O)NCCCNC(=O)c2cccc(O)c2)c1. The number of rotatable bonds is 9. The van der Waals surface area contributed by atoms with Crippen molar-refractivity contribution < 1.29 is 23.1 Å². The van der Waals surface area contributed by atoms with Crippen molar-refractivity contribution in [3.8, 4) is 5.75 Å². The van der Waals surface area contributed by atoms with Crippen LogP contribution in [0.25, 0.3) is 0 Å². The van der Waals surface area contributed by atoms with E-state index in [1.807, 2.05) is 0 Å². The normalized spacial score (nSPS) is 11.3. The molecule has 0 aliphatic rings. The molecule has 0 atom stereocenters. The molecular formula is C20H25N3O5S. The van der Waals surface area contributed by atoms with Crippen molar-refractivity contribution in [2.45, 2.75) is 31.2 Å². The number of carbonyl (C=O) groups excluding carboxylic acids is 2. The molecule has 0 aromatic heterocycles. The van der Waals surface area contributed by atoms with Gasteiger partial charge in [0.1, 0.15) is 5.75 Å². The lowest BCUT2D eigenvalue weighted by molar-refractivity contribution is 0.0951. The van der Waals surface area contributed by atoms with Crippen LogP contribution in [0, 0.1) is 0 Å². The van der Waals surface area contributed by atoms with Gasteiger partial charge in [-0.1, -0.05) is 12.1 Å². The van der Waals surface area contributed by atoms with Crippen LogP contribution in [0.4, 0.5) is 0 Å². The van der Waals surface area contributed by atoms with Gasteiger partial charge in [-0.2, -0.15) is 0 Å². The first-order valence-corrected chi connectivity index (χ1v) is 10.6. The largest absolute Gasteiger partial charge is 0.508 e. The molecule has 0 radical (unpaired) electrons. The van der Waals surface area contributed by atoms with Gasteiger partial charge < -0.3 is 15.7 Å². The summed E-state index contributed by atoms with van der Waals surface area (Å²) in [5.74, 6) is -0.702. The summed E-state index contributed by atoms with van der Waals surface area (Å²) < 4.78 is 26.9. The number of aromatic hydroxyl groups is 1. The average molecular weight is 420 g/mol. The number of nitrogens with one attached hydrogen (secondary N) is 3. The van der Waals surface area contributed by atoms with Crippen LogP contribution < -0.4 is 15.4 Å². The van der Waals surface area contributed by atoms with E-state index in [0.717, 1.165) is 0 Å². The third kappa shape index (κ3) is 6.88. The molecule has 2 amide bonds. The number of carbonyl (C=O) groups is 2. The van der Waals surface area contributed by atoms with E-state index < -0.39 is 15.9 Å². The summed E-state index contributed by atoms with van der Waals surface area (Å²) in [5, 5.41) is 14.8. The van der Waals surface area contributed by atoms with Crippen molar-refractivity contribution in [3.63, 3.8) is 0 Å². The van der Waals surface area contributed by atoms with Gasteiger partial charge in [0.15, 0.2) is 0 Å². The smallest absolute Gasteiger partial charge is 0.251 e. The van der Waals surface area contributed by atoms with Gasteiger partial charge in [-0.3, -0.25) is 9.59 Å². The minimum Gasteiger partial charge on any atom is -0.508 e. The molecule has 156 valence electrons. The topological polar surface area (TPSA) is 125 Å². The minimum absolute atomic E-state index is 0.0118. The fraction of sp³-hybridized carbons (Fsp3) is 0.300. The number of phenols is 1. The van der Waals surface area contributed by atoms with Crippen molar-refractivity contribution in [1.29, 1.82) is 0 Å². The van der Waals surface area contributed by atoms with Crippen molar-refractivity contribution in [2.75, 3.05) is 13.1 Å². The first-order chi connectivity index (χ1) is 13.7. The zero-order valence-electron chi connectivity index (χ0n) is 16.3. The third-order valence-corrected chi connectivity index (χ3v) is 5.49. The Labute approximate surface area is 170 Å². The van der Waals surface area contributed by atoms with Gasteiger partial charge in [-0.05, 0) is 56.7 Å². The molecule has 0 saturated heterocycles. The Morgan fingerprint density at radius 2 is 1.48 bits per heavy atom. The predicted octanol–water partition coefficient (Wildman–Crippen LogP) is 1.63. The Morgan fingerprint density at radius 3 is 2.03 bits per heavy atom. The van der Waals surface area contributed by atoms with E-state index in [2.05, 4.69) is 15.4 Å². The summed E-state index contributed by atoms with van der Waals surface area (Å²) in [6, 6.07) is 11.6. The molecule has 0 spiro atoms. The van der Waals surface area contributed by atoms with E-state index in [1.54, 1.807) is 26.0 Å². The van der Waals surface area contributed by atoms with E-state index in [0.29, 0.717) is 25.1 Å². The Balaban J connectivity index is 1.82. The van der Waals surface area contributed by atoms with Crippen LogP contribution >= 0.6 is 0 Å². The molecule has 29 heavy (non-hydrogen) atoms. The highest BCUT2D eigenvalue weighted by Gasteiger charge is 2.17. The van der Waals surface area contributed by atoms with Gasteiger partial charge in [0.2, 0.25) is 10.0 Å². The van der Waals surface area contributed by atoms with Crippen LogP contribution in [0.3, 0.4) is 0 Å². The second-order valence-electron chi connectivity index (χ2n) is 6.72. The van der Waals surface area contributed by atoms with E-state index in [9.17, 15) is 23.1 Å². The monoisotopic (exact) mass is 419 g/mol. The number of phenolic OH excluding ortho intramolecular Hbond substituents is 1. The second-order valence-corrected chi connectivity index (χ2v) is 8.43. The van der Waals surface area contributed by atoms with Crippen molar-refractivity contribution in [1.82, 2.24) is 15.4 Å². The molecule has 0 aliphatic carbocycles. The molecule has 0 aliphatic heterocycles. The fourth-order valence-electron chi connectivity index (χ4n) is 2.53. The minimum atomic E-state index is -3.68. The van der Waals surface area contributed by atoms with Crippen LogP contribution in [-0.4, -0.2) is 44.5 Å². The van der Waals surface area contributed by atoms with E-state index in [1.165, 1.54) is 36.4 Å². The second kappa shape index (κ2) is 10.0. The fourth-order valence-corrected chi connectivity index (χ4v) is 3.82. The molecule has 2 rings (SSSR count). The summed E-state index contributed by atoms with van der Waals surface area (Å²) in [4.78, 5) is 24.2. The van der Waals surface area contributed by atoms with E-state index in [-0.39, 0.29) is 28.2 Å². The first kappa shape index (κ1) is 22.4. The van der Waals surface area contributed by atoms with Gasteiger partial charge in [-0.25, -0.2) is 13.1 Å². The predicted molar refractivity (Wildman–Crippen MR) is 109 cm³/mol. The molecule has 0 bridgehead atoms. The summed E-state index contributed by atoms with van der Waals surface area (Å²) in [7, 11) is -3.68. The highest BCUT2D eigenvalue weighted by atomic mass is 32.2. The summed E-state index contributed by atoms with van der Waals surface area (Å²) in [6.45, 7) is 4.07. The molecule has 2 aromatic rings. The van der Waals surface area contributed by atoms with Crippen LogP contribution in [0.2, 0.25) is 0 Å². The van der Waals surface area contributed by atoms with Gasteiger partial charge in [-0.15, -0.1) is 0 Å². The van der Waals surface area contributed by atoms with Crippen LogP contribution in [-0.2, 0) is 10.0 Å². The summed E-state index contributed by atoms with van der Waals surface area (Å²) >= 11 is 0. The number of benzene rings is 2. The molecule has 9 heteroatoms. The highest BCUT2D eigenvalue weighted by molar-refractivity contribution is 7.89. The van der Waals surface area contributed by atoms with Crippen molar-refractivity contribution in [3.05, 3.63) is 59.7 Å². The Morgan fingerprint density at radius 1 is 0.931 bits per heavy atom. The maximum Gasteiger partial charge on any atom is 0.251 e. The lowest BCUT2D eigenvalue weighted by atomic mass is 10.2. The maximum absolute atomic E-state index is 12.3. The number of hydrogen-bond acceptors (Lipinski definition) is 5. The van der Waals surface area contributed by atoms with Gasteiger partial charge >= 0.3 is 0 Å². The number of hydrogen-bond donors (Lipinski definition) is 4. The lowest BCUT2D eigenvalue weighted by Crippen LogP contribution is -2.31. The van der Waals surface area contributed by atoms with Crippen LogP contribution in [0.5, 0.6) is 5.75 Å². The zero-order chi connectivity index (χ0) is 21.4.